The molecule has 3 aromatic carbocycles. The van der Waals surface area contributed by atoms with E-state index in [0.29, 0.717) is 12.4 Å². The molecular formula is C26H19F2N3. The van der Waals surface area contributed by atoms with Crippen LogP contribution in [0.25, 0.3) is 22.5 Å². The molecule has 5 heteroatoms. The van der Waals surface area contributed by atoms with E-state index in [1.54, 1.807) is 6.07 Å². The highest BCUT2D eigenvalue weighted by atomic mass is 19.1. The van der Waals surface area contributed by atoms with E-state index < -0.39 is 11.6 Å². The van der Waals surface area contributed by atoms with Crippen molar-refractivity contribution in [2.24, 2.45) is 0 Å². The maximum Gasteiger partial charge on any atom is 0.135 e. The van der Waals surface area contributed by atoms with Gasteiger partial charge in [-0.3, -0.25) is 0 Å². The van der Waals surface area contributed by atoms with Gasteiger partial charge in [-0.25, -0.2) is 13.8 Å². The zero-order valence-electron chi connectivity index (χ0n) is 16.6. The molecule has 0 amide bonds. The average Bonchev–Trinajstić information content (AvgIpc) is 3.30. The van der Waals surface area contributed by atoms with Crippen molar-refractivity contribution in [3.63, 3.8) is 0 Å². The van der Waals surface area contributed by atoms with Gasteiger partial charge in [0.15, 0.2) is 0 Å². The van der Waals surface area contributed by atoms with E-state index in [4.69, 9.17) is 0 Å². The van der Waals surface area contributed by atoms with Crippen LogP contribution in [-0.2, 0) is 0 Å². The predicted octanol–water partition coefficient (Wildman–Crippen LogP) is 6.45. The quantitative estimate of drug-likeness (QED) is 0.385. The van der Waals surface area contributed by atoms with Crippen molar-refractivity contribution < 1.29 is 8.78 Å². The molecule has 0 N–H and O–H groups in total. The number of halogens is 2. The lowest BCUT2D eigenvalue weighted by molar-refractivity contribution is 0.585. The highest BCUT2D eigenvalue weighted by Crippen LogP contribution is 2.34. The second-order valence-electron chi connectivity index (χ2n) is 7.26. The van der Waals surface area contributed by atoms with Crippen LogP contribution in [0, 0.1) is 11.6 Å². The van der Waals surface area contributed by atoms with Crippen molar-refractivity contribution in [2.75, 3.05) is 16.5 Å². The third kappa shape index (κ3) is 3.78. The fraction of sp³-hybridized carbons (Fsp3) is 0.0385. The smallest absolute Gasteiger partial charge is 0.135 e. The number of benzene rings is 3. The normalized spacial score (nSPS) is 13.1. The summed E-state index contributed by atoms with van der Waals surface area (Å²) in [6.07, 6.45) is 4.08. The largest absolute Gasteiger partial charge is 0.328 e. The minimum Gasteiger partial charge on any atom is -0.328 e. The van der Waals surface area contributed by atoms with E-state index >= 15 is 0 Å². The Morgan fingerprint density at radius 2 is 1.35 bits per heavy atom. The maximum absolute atomic E-state index is 14.3. The molecule has 0 aliphatic carbocycles. The van der Waals surface area contributed by atoms with Gasteiger partial charge in [0.1, 0.15) is 11.6 Å². The second-order valence-corrected chi connectivity index (χ2v) is 7.26. The van der Waals surface area contributed by atoms with Crippen LogP contribution in [0.15, 0.2) is 103 Å². The van der Waals surface area contributed by atoms with Crippen molar-refractivity contribution in [1.29, 1.82) is 0 Å². The number of pyridine rings is 1. The van der Waals surface area contributed by atoms with Gasteiger partial charge in [0.05, 0.1) is 23.7 Å². The van der Waals surface area contributed by atoms with Crippen molar-refractivity contribution in [3.8, 4) is 22.5 Å². The van der Waals surface area contributed by atoms with Crippen molar-refractivity contribution in [2.45, 2.75) is 0 Å². The van der Waals surface area contributed by atoms with Crippen molar-refractivity contribution in [1.82, 2.24) is 4.98 Å². The van der Waals surface area contributed by atoms with Gasteiger partial charge >= 0.3 is 0 Å². The fourth-order valence-corrected chi connectivity index (χ4v) is 3.74. The molecule has 31 heavy (non-hydrogen) atoms. The minimum absolute atomic E-state index is 0.275. The van der Waals surface area contributed by atoms with E-state index in [1.807, 2.05) is 67.0 Å². The highest BCUT2D eigenvalue weighted by Gasteiger charge is 2.19. The molecule has 4 aromatic rings. The molecular weight excluding hydrogens is 392 g/mol. The lowest BCUT2D eigenvalue weighted by atomic mass is 10.1. The number of anilines is 2. The molecule has 0 bridgehead atoms. The van der Waals surface area contributed by atoms with E-state index in [-0.39, 0.29) is 5.56 Å². The first-order valence-corrected chi connectivity index (χ1v) is 9.97. The SMILES string of the molecule is Fc1ccc(-c2cccc(-c3ccccc3N3C=CN(c4ccccc4)C3)n2)c(F)c1. The summed E-state index contributed by atoms with van der Waals surface area (Å²) >= 11 is 0. The summed E-state index contributed by atoms with van der Waals surface area (Å²) in [4.78, 5) is 9.00. The Labute approximate surface area is 179 Å². The Morgan fingerprint density at radius 1 is 0.645 bits per heavy atom. The summed E-state index contributed by atoms with van der Waals surface area (Å²) in [5.41, 5.74) is 4.52. The lowest BCUT2D eigenvalue weighted by Crippen LogP contribution is -2.24. The summed E-state index contributed by atoms with van der Waals surface area (Å²) in [6, 6.07) is 27.2. The summed E-state index contributed by atoms with van der Waals surface area (Å²) in [5, 5.41) is 0. The van der Waals surface area contributed by atoms with Crippen LogP contribution >= 0.6 is 0 Å². The number of nitrogens with zero attached hydrogens (tertiary/aromatic N) is 3. The molecule has 1 aliphatic rings. The number of rotatable bonds is 4. The number of hydrogen-bond donors (Lipinski definition) is 0. The molecule has 0 unspecified atom stereocenters. The molecule has 152 valence electrons. The van der Waals surface area contributed by atoms with Crippen LogP contribution in [0.2, 0.25) is 0 Å². The Balaban J connectivity index is 1.49. The molecule has 0 fully saturated rings. The number of aromatic nitrogens is 1. The van der Waals surface area contributed by atoms with E-state index in [0.717, 1.165) is 28.7 Å². The summed E-state index contributed by atoms with van der Waals surface area (Å²) in [6.45, 7) is 0.674. The van der Waals surface area contributed by atoms with Gasteiger partial charge < -0.3 is 9.80 Å². The molecule has 0 atom stereocenters. The first kappa shape index (κ1) is 19.0. The third-order valence-electron chi connectivity index (χ3n) is 5.26. The Morgan fingerprint density at radius 3 is 2.16 bits per heavy atom. The lowest BCUT2D eigenvalue weighted by Gasteiger charge is -2.23. The first-order chi connectivity index (χ1) is 15.2. The van der Waals surface area contributed by atoms with Gasteiger partial charge in [-0.05, 0) is 42.5 Å². The Hall–Kier alpha value is -3.99. The van der Waals surface area contributed by atoms with Crippen LogP contribution in [-0.4, -0.2) is 11.7 Å². The zero-order valence-corrected chi connectivity index (χ0v) is 16.6. The van der Waals surface area contributed by atoms with Crippen molar-refractivity contribution >= 4 is 11.4 Å². The van der Waals surface area contributed by atoms with Gasteiger partial charge in [0.2, 0.25) is 0 Å². The van der Waals surface area contributed by atoms with Crippen molar-refractivity contribution in [3.05, 3.63) is 115 Å². The Kier molecular flexibility index (Phi) is 4.92. The molecule has 0 saturated carbocycles. The van der Waals surface area contributed by atoms with Gasteiger partial charge in [0.25, 0.3) is 0 Å². The van der Waals surface area contributed by atoms with Crippen LogP contribution in [0.1, 0.15) is 0 Å². The molecule has 1 aliphatic heterocycles. The summed E-state index contributed by atoms with van der Waals surface area (Å²) < 4.78 is 27.6. The number of para-hydroxylation sites is 2. The van der Waals surface area contributed by atoms with Crippen LogP contribution in [0.3, 0.4) is 0 Å². The number of hydrogen-bond acceptors (Lipinski definition) is 3. The molecule has 0 radical (unpaired) electrons. The highest BCUT2D eigenvalue weighted by molar-refractivity contribution is 5.79. The van der Waals surface area contributed by atoms with Crippen LogP contribution in [0.5, 0.6) is 0 Å². The van der Waals surface area contributed by atoms with Gasteiger partial charge in [0, 0.05) is 35.3 Å². The summed E-state index contributed by atoms with van der Waals surface area (Å²) in [7, 11) is 0. The topological polar surface area (TPSA) is 19.4 Å². The molecule has 0 saturated heterocycles. The van der Waals surface area contributed by atoms with Gasteiger partial charge in [-0.1, -0.05) is 42.5 Å². The van der Waals surface area contributed by atoms with E-state index in [1.165, 1.54) is 12.1 Å². The summed E-state index contributed by atoms with van der Waals surface area (Å²) in [5.74, 6) is -1.23. The van der Waals surface area contributed by atoms with Gasteiger partial charge in [-0.15, -0.1) is 0 Å². The van der Waals surface area contributed by atoms with E-state index in [2.05, 4.69) is 26.9 Å². The first-order valence-electron chi connectivity index (χ1n) is 9.97. The predicted molar refractivity (Wildman–Crippen MR) is 120 cm³/mol. The van der Waals surface area contributed by atoms with Gasteiger partial charge in [-0.2, -0.15) is 0 Å². The third-order valence-corrected chi connectivity index (χ3v) is 5.26. The van der Waals surface area contributed by atoms with E-state index in [9.17, 15) is 8.78 Å². The average molecular weight is 411 g/mol. The monoisotopic (exact) mass is 411 g/mol. The molecule has 5 rings (SSSR count). The minimum atomic E-state index is -0.626. The zero-order chi connectivity index (χ0) is 21.2. The second kappa shape index (κ2) is 8.03. The molecule has 2 heterocycles. The standard InChI is InChI=1S/C26H19F2N3/c27-19-13-14-21(23(28)17-19)24-10-6-11-25(29-24)22-9-4-5-12-26(22)31-16-15-30(18-31)20-7-2-1-3-8-20/h1-17H,18H2. The Bertz CT molecular complexity index is 1250. The fourth-order valence-electron chi connectivity index (χ4n) is 3.74. The molecule has 1 aromatic heterocycles. The molecule has 3 nitrogen and oxygen atoms in total. The van der Waals surface area contributed by atoms with Crippen LogP contribution < -0.4 is 9.80 Å². The maximum atomic E-state index is 14.3. The molecule has 0 spiro atoms. The van der Waals surface area contributed by atoms with Crippen LogP contribution in [0.4, 0.5) is 20.2 Å².